The minimum Gasteiger partial charge on any atom is -0.325 e. The van der Waals surface area contributed by atoms with Crippen molar-refractivity contribution < 1.29 is 4.39 Å². The zero-order valence-corrected chi connectivity index (χ0v) is 8.61. The second kappa shape index (κ2) is 3.47. The molecule has 0 aromatic carbocycles. The highest BCUT2D eigenvalue weighted by molar-refractivity contribution is 5.26. The van der Waals surface area contributed by atoms with Crippen molar-refractivity contribution in [3.05, 3.63) is 29.5 Å². The number of aromatic nitrogens is 4. The number of hydrogen-bond donors (Lipinski definition) is 1. The molecule has 0 bridgehead atoms. The van der Waals surface area contributed by atoms with Gasteiger partial charge in [-0.25, -0.2) is 9.07 Å². The van der Waals surface area contributed by atoms with E-state index in [2.05, 4.69) is 10.2 Å². The number of nitrogens with zero attached hydrogens (tertiary/aromatic N) is 4. The van der Waals surface area contributed by atoms with Crippen molar-refractivity contribution in [1.29, 1.82) is 0 Å². The maximum absolute atomic E-state index is 13.6. The second-order valence-corrected chi connectivity index (χ2v) is 3.30. The van der Waals surface area contributed by atoms with Gasteiger partial charge in [-0.3, -0.25) is 4.68 Å². The van der Waals surface area contributed by atoms with E-state index in [1.54, 1.807) is 26.2 Å². The van der Waals surface area contributed by atoms with E-state index in [9.17, 15) is 4.39 Å². The normalized spacial score (nSPS) is 10.9. The number of nitrogens with two attached hydrogens (primary N) is 1. The van der Waals surface area contributed by atoms with Crippen molar-refractivity contribution in [2.24, 2.45) is 12.8 Å². The van der Waals surface area contributed by atoms with Gasteiger partial charge in [-0.1, -0.05) is 0 Å². The third-order valence-electron chi connectivity index (χ3n) is 2.31. The Morgan fingerprint density at radius 2 is 2.20 bits per heavy atom. The zero-order chi connectivity index (χ0) is 11.0. The van der Waals surface area contributed by atoms with Gasteiger partial charge in [-0.2, -0.15) is 5.10 Å². The van der Waals surface area contributed by atoms with Gasteiger partial charge in [0.05, 0.1) is 11.4 Å². The first kappa shape index (κ1) is 9.85. The predicted octanol–water partition coefficient (Wildman–Crippen LogP) is 0.512. The topological polar surface area (TPSA) is 61.7 Å². The Morgan fingerprint density at radius 3 is 2.67 bits per heavy atom. The molecule has 0 amide bonds. The minimum absolute atomic E-state index is 0.203. The summed E-state index contributed by atoms with van der Waals surface area (Å²) in [6, 6.07) is 1.74. The number of aryl methyl sites for hydroxylation is 1. The van der Waals surface area contributed by atoms with Crippen LogP contribution in [0.1, 0.15) is 11.4 Å². The van der Waals surface area contributed by atoms with Gasteiger partial charge in [0.2, 0.25) is 5.82 Å². The Bertz CT molecular complexity index is 485. The minimum atomic E-state index is -0.357. The number of rotatable bonds is 2. The van der Waals surface area contributed by atoms with E-state index in [0.29, 0.717) is 17.9 Å². The van der Waals surface area contributed by atoms with Gasteiger partial charge in [0, 0.05) is 19.8 Å². The van der Waals surface area contributed by atoms with Crippen LogP contribution < -0.4 is 5.73 Å². The van der Waals surface area contributed by atoms with Gasteiger partial charge in [0.25, 0.3) is 0 Å². The standard InChI is InChI=1S/C9H12FN5/c1-6-8(10)9(13-14(6)2)15-4-3-7(5-11)12-15/h3-4H,5,11H2,1-2H3. The fraction of sp³-hybridized carbons (Fsp3) is 0.333. The van der Waals surface area contributed by atoms with Crippen LogP contribution in [0.4, 0.5) is 4.39 Å². The molecule has 2 rings (SSSR count). The molecule has 6 heteroatoms. The highest BCUT2D eigenvalue weighted by atomic mass is 19.1. The summed E-state index contributed by atoms with van der Waals surface area (Å²) in [6.45, 7) is 2.00. The highest BCUT2D eigenvalue weighted by Gasteiger charge is 2.14. The summed E-state index contributed by atoms with van der Waals surface area (Å²) in [6.07, 6.45) is 1.65. The van der Waals surface area contributed by atoms with Gasteiger partial charge in [0.15, 0.2) is 5.82 Å². The van der Waals surface area contributed by atoms with Crippen LogP contribution in [0, 0.1) is 12.7 Å². The molecule has 5 nitrogen and oxygen atoms in total. The Kier molecular flexibility index (Phi) is 2.28. The van der Waals surface area contributed by atoms with E-state index < -0.39 is 0 Å². The van der Waals surface area contributed by atoms with E-state index in [4.69, 9.17) is 5.73 Å². The molecule has 0 atom stereocenters. The largest absolute Gasteiger partial charge is 0.325 e. The number of hydrogen-bond acceptors (Lipinski definition) is 3. The Morgan fingerprint density at radius 1 is 1.47 bits per heavy atom. The SMILES string of the molecule is Cc1c(F)c(-n2ccc(CN)n2)nn1C. The van der Waals surface area contributed by atoms with Gasteiger partial charge in [-0.15, -0.1) is 5.10 Å². The van der Waals surface area contributed by atoms with Gasteiger partial charge < -0.3 is 5.73 Å². The maximum Gasteiger partial charge on any atom is 0.211 e. The fourth-order valence-corrected chi connectivity index (χ4v) is 1.30. The second-order valence-electron chi connectivity index (χ2n) is 3.30. The van der Waals surface area contributed by atoms with Crippen LogP contribution in [0.15, 0.2) is 12.3 Å². The van der Waals surface area contributed by atoms with E-state index in [0.717, 1.165) is 0 Å². The summed E-state index contributed by atoms with van der Waals surface area (Å²) in [4.78, 5) is 0. The lowest BCUT2D eigenvalue weighted by atomic mass is 10.4. The summed E-state index contributed by atoms with van der Waals surface area (Å²) in [5.41, 5.74) is 6.61. The van der Waals surface area contributed by atoms with Crippen LogP contribution in [0.25, 0.3) is 5.82 Å². The van der Waals surface area contributed by atoms with Crippen molar-refractivity contribution in [1.82, 2.24) is 19.6 Å². The molecule has 0 unspecified atom stereocenters. The van der Waals surface area contributed by atoms with Gasteiger partial charge in [-0.05, 0) is 13.0 Å². The lowest BCUT2D eigenvalue weighted by Gasteiger charge is -1.94. The van der Waals surface area contributed by atoms with Crippen molar-refractivity contribution in [2.75, 3.05) is 0 Å². The third kappa shape index (κ3) is 1.52. The van der Waals surface area contributed by atoms with Crippen LogP contribution in [0.2, 0.25) is 0 Å². The molecular formula is C9H12FN5. The molecule has 80 valence electrons. The quantitative estimate of drug-likeness (QED) is 0.784. The first-order valence-electron chi connectivity index (χ1n) is 4.57. The molecule has 0 fully saturated rings. The van der Waals surface area contributed by atoms with Crippen LogP contribution in [0.3, 0.4) is 0 Å². The van der Waals surface area contributed by atoms with Crippen LogP contribution >= 0.6 is 0 Å². The fourth-order valence-electron chi connectivity index (χ4n) is 1.30. The molecular weight excluding hydrogens is 197 g/mol. The average molecular weight is 209 g/mol. The lowest BCUT2D eigenvalue weighted by molar-refractivity contribution is 0.599. The molecule has 2 heterocycles. The summed E-state index contributed by atoms with van der Waals surface area (Å²) in [5, 5.41) is 8.12. The van der Waals surface area contributed by atoms with E-state index >= 15 is 0 Å². The first-order chi connectivity index (χ1) is 7.13. The molecule has 0 radical (unpaired) electrons. The average Bonchev–Trinajstić information content (AvgIpc) is 2.79. The molecule has 0 saturated carbocycles. The van der Waals surface area contributed by atoms with Gasteiger partial charge in [0.1, 0.15) is 0 Å². The Hall–Kier alpha value is -1.69. The third-order valence-corrected chi connectivity index (χ3v) is 2.31. The van der Waals surface area contributed by atoms with E-state index in [1.807, 2.05) is 0 Å². The highest BCUT2D eigenvalue weighted by Crippen LogP contribution is 2.14. The molecule has 2 N–H and O–H groups in total. The van der Waals surface area contributed by atoms with Crippen molar-refractivity contribution >= 4 is 0 Å². The first-order valence-corrected chi connectivity index (χ1v) is 4.57. The Balaban J connectivity index is 2.49. The smallest absolute Gasteiger partial charge is 0.211 e. The van der Waals surface area contributed by atoms with Crippen LogP contribution in [0.5, 0.6) is 0 Å². The summed E-state index contributed by atoms with van der Waals surface area (Å²) < 4.78 is 16.5. The molecule has 2 aromatic heterocycles. The summed E-state index contributed by atoms with van der Waals surface area (Å²) >= 11 is 0. The van der Waals surface area contributed by atoms with Crippen molar-refractivity contribution in [2.45, 2.75) is 13.5 Å². The van der Waals surface area contributed by atoms with Gasteiger partial charge >= 0.3 is 0 Å². The molecule has 0 aliphatic heterocycles. The number of halogens is 1. The van der Waals surface area contributed by atoms with Crippen molar-refractivity contribution in [3.63, 3.8) is 0 Å². The zero-order valence-electron chi connectivity index (χ0n) is 8.61. The predicted molar refractivity (Wildman–Crippen MR) is 52.9 cm³/mol. The van der Waals surface area contributed by atoms with E-state index in [1.165, 1.54) is 9.36 Å². The molecule has 2 aromatic rings. The lowest BCUT2D eigenvalue weighted by Crippen LogP contribution is -2.02. The van der Waals surface area contributed by atoms with E-state index in [-0.39, 0.29) is 11.6 Å². The molecule has 0 aliphatic rings. The summed E-state index contributed by atoms with van der Waals surface area (Å²) in [5.74, 6) is -0.154. The summed E-state index contributed by atoms with van der Waals surface area (Å²) in [7, 11) is 1.69. The monoisotopic (exact) mass is 209 g/mol. The Labute approximate surface area is 86.3 Å². The molecule has 0 spiro atoms. The van der Waals surface area contributed by atoms with Crippen LogP contribution in [-0.2, 0) is 13.6 Å². The molecule has 0 saturated heterocycles. The molecule has 15 heavy (non-hydrogen) atoms. The van der Waals surface area contributed by atoms with Crippen molar-refractivity contribution in [3.8, 4) is 5.82 Å². The van der Waals surface area contributed by atoms with Crippen LogP contribution in [-0.4, -0.2) is 19.6 Å². The maximum atomic E-state index is 13.6. The molecule has 0 aliphatic carbocycles.